The summed E-state index contributed by atoms with van der Waals surface area (Å²) in [5.74, 6) is -1.45. The number of benzene rings is 3. The highest BCUT2D eigenvalue weighted by atomic mass is 19.1. The van der Waals surface area contributed by atoms with Crippen LogP contribution in [0.2, 0.25) is 0 Å². The van der Waals surface area contributed by atoms with E-state index in [-0.39, 0.29) is 5.56 Å². The van der Waals surface area contributed by atoms with E-state index in [1.54, 1.807) is 19.1 Å². The molecular weight excluding hydrogens is 379 g/mol. The van der Waals surface area contributed by atoms with Gasteiger partial charge < -0.3 is 9.47 Å². The first kappa shape index (κ1) is 21.6. The molecule has 0 amide bonds. The van der Waals surface area contributed by atoms with Crippen LogP contribution in [0.4, 0.5) is 4.39 Å². The number of aryl methyl sites for hydroxylation is 1. The lowest BCUT2D eigenvalue weighted by atomic mass is 10.0. The number of carbonyl (C=O) groups excluding carboxylic acids is 1. The summed E-state index contributed by atoms with van der Waals surface area (Å²) in [6.45, 7) is 9.94. The number of esters is 1. The van der Waals surface area contributed by atoms with Crippen LogP contribution >= 0.6 is 0 Å². The molecule has 3 nitrogen and oxygen atoms in total. The summed E-state index contributed by atoms with van der Waals surface area (Å²) >= 11 is 0. The fourth-order valence-corrected chi connectivity index (χ4v) is 3.05. The summed E-state index contributed by atoms with van der Waals surface area (Å²) in [4.78, 5) is 12.3. The summed E-state index contributed by atoms with van der Waals surface area (Å²) in [5.41, 5.74) is 3.38. The molecule has 30 heavy (non-hydrogen) atoms. The van der Waals surface area contributed by atoms with Gasteiger partial charge in [-0.2, -0.15) is 0 Å². The van der Waals surface area contributed by atoms with Gasteiger partial charge in [0.2, 0.25) is 0 Å². The molecule has 0 heterocycles. The lowest BCUT2D eigenvalue weighted by Crippen LogP contribution is -2.19. The van der Waals surface area contributed by atoms with Crippen LogP contribution in [0.5, 0.6) is 5.75 Å². The van der Waals surface area contributed by atoms with E-state index in [9.17, 15) is 9.18 Å². The molecular formula is C26H25FO3. The fourth-order valence-electron chi connectivity index (χ4n) is 3.05. The summed E-state index contributed by atoms with van der Waals surface area (Å²) < 4.78 is 25.6. The molecule has 0 saturated heterocycles. The number of hydrogen-bond donors (Lipinski definition) is 0. The van der Waals surface area contributed by atoms with Crippen molar-refractivity contribution in [1.29, 1.82) is 0 Å². The molecule has 2 radical (unpaired) electrons. The van der Waals surface area contributed by atoms with Crippen LogP contribution in [0.15, 0.2) is 72.8 Å². The lowest BCUT2D eigenvalue weighted by molar-refractivity contribution is -0.152. The Hall–Kier alpha value is -3.14. The number of hydrogen-bond acceptors (Lipinski definition) is 3. The Balaban J connectivity index is 1.56. The highest BCUT2D eigenvalue weighted by Gasteiger charge is 2.21. The SMILES string of the molecule is [CH]C(Cc1ccccc1)C(=O)OC(C)c1ccc(OCc2ccc(C)cc2)cc1F. The van der Waals surface area contributed by atoms with Crippen molar-refractivity contribution < 1.29 is 18.7 Å². The Kier molecular flexibility index (Phi) is 7.23. The molecule has 0 bridgehead atoms. The van der Waals surface area contributed by atoms with Gasteiger partial charge in [0, 0.05) is 11.6 Å². The summed E-state index contributed by atoms with van der Waals surface area (Å²) in [5, 5.41) is 0. The second kappa shape index (κ2) is 10.1. The van der Waals surface area contributed by atoms with Crippen LogP contribution in [0.1, 0.15) is 35.3 Å². The maximum absolute atomic E-state index is 14.6. The van der Waals surface area contributed by atoms with Crippen LogP contribution in [0.3, 0.4) is 0 Å². The summed E-state index contributed by atoms with van der Waals surface area (Å²) in [7, 11) is 0. The van der Waals surface area contributed by atoms with Crippen LogP contribution in [-0.2, 0) is 22.6 Å². The first-order valence-electron chi connectivity index (χ1n) is 9.90. The third-order valence-electron chi connectivity index (χ3n) is 4.83. The maximum Gasteiger partial charge on any atom is 0.310 e. The summed E-state index contributed by atoms with van der Waals surface area (Å²) in [6.07, 6.45) is -0.397. The predicted octanol–water partition coefficient (Wildman–Crippen LogP) is 5.89. The third-order valence-corrected chi connectivity index (χ3v) is 4.83. The Morgan fingerprint density at radius 2 is 1.70 bits per heavy atom. The smallest absolute Gasteiger partial charge is 0.310 e. The van der Waals surface area contributed by atoms with Gasteiger partial charge in [0.25, 0.3) is 0 Å². The molecule has 3 aromatic rings. The molecule has 0 saturated carbocycles. The van der Waals surface area contributed by atoms with Crippen molar-refractivity contribution in [3.05, 3.63) is 108 Å². The van der Waals surface area contributed by atoms with E-state index in [0.29, 0.717) is 18.8 Å². The van der Waals surface area contributed by atoms with Crippen molar-refractivity contribution in [3.8, 4) is 5.75 Å². The molecule has 0 N–H and O–H groups in total. The zero-order valence-corrected chi connectivity index (χ0v) is 17.2. The van der Waals surface area contributed by atoms with E-state index >= 15 is 0 Å². The molecule has 2 atom stereocenters. The highest BCUT2D eigenvalue weighted by molar-refractivity contribution is 5.73. The van der Waals surface area contributed by atoms with E-state index in [1.165, 1.54) is 11.6 Å². The van der Waals surface area contributed by atoms with Gasteiger partial charge in [0.1, 0.15) is 24.3 Å². The predicted molar refractivity (Wildman–Crippen MR) is 114 cm³/mol. The van der Waals surface area contributed by atoms with Gasteiger partial charge in [-0.3, -0.25) is 4.79 Å². The first-order valence-corrected chi connectivity index (χ1v) is 9.90. The number of ether oxygens (including phenoxy) is 2. The van der Waals surface area contributed by atoms with E-state index < -0.39 is 23.8 Å². The maximum atomic E-state index is 14.6. The van der Waals surface area contributed by atoms with Gasteiger partial charge in [-0.15, -0.1) is 0 Å². The highest BCUT2D eigenvalue weighted by Crippen LogP contribution is 2.26. The Morgan fingerprint density at radius 1 is 1.00 bits per heavy atom. The van der Waals surface area contributed by atoms with E-state index in [4.69, 9.17) is 16.4 Å². The van der Waals surface area contributed by atoms with Crippen LogP contribution in [0, 0.1) is 25.6 Å². The molecule has 0 aliphatic heterocycles. The van der Waals surface area contributed by atoms with Crippen molar-refractivity contribution in [3.63, 3.8) is 0 Å². The van der Waals surface area contributed by atoms with Gasteiger partial charge in [-0.05, 0) is 50.5 Å². The Morgan fingerprint density at radius 3 is 2.37 bits per heavy atom. The average Bonchev–Trinajstić information content (AvgIpc) is 2.74. The van der Waals surface area contributed by atoms with Crippen molar-refractivity contribution in [2.75, 3.05) is 0 Å². The summed E-state index contributed by atoms with van der Waals surface area (Å²) in [6, 6.07) is 21.9. The van der Waals surface area contributed by atoms with Gasteiger partial charge >= 0.3 is 5.97 Å². The number of carbonyl (C=O) groups is 1. The largest absolute Gasteiger partial charge is 0.489 e. The minimum absolute atomic E-state index is 0.276. The molecule has 4 heteroatoms. The first-order chi connectivity index (χ1) is 14.4. The van der Waals surface area contributed by atoms with Gasteiger partial charge in [-0.1, -0.05) is 60.2 Å². The van der Waals surface area contributed by atoms with Crippen LogP contribution in [0.25, 0.3) is 0 Å². The van der Waals surface area contributed by atoms with Crippen molar-refractivity contribution in [2.45, 2.75) is 33.0 Å². The number of rotatable bonds is 8. The zero-order valence-electron chi connectivity index (χ0n) is 17.2. The van der Waals surface area contributed by atoms with Crippen molar-refractivity contribution in [2.24, 2.45) is 5.92 Å². The van der Waals surface area contributed by atoms with Crippen molar-refractivity contribution in [1.82, 2.24) is 0 Å². The minimum atomic E-state index is -0.810. The van der Waals surface area contributed by atoms with Crippen molar-refractivity contribution >= 4 is 5.97 Å². The molecule has 0 aliphatic carbocycles. The molecule has 0 aromatic heterocycles. The third kappa shape index (κ3) is 5.93. The van der Waals surface area contributed by atoms with E-state index in [0.717, 1.165) is 11.1 Å². The zero-order chi connectivity index (χ0) is 21.5. The van der Waals surface area contributed by atoms with Gasteiger partial charge in [0.15, 0.2) is 0 Å². The number of halogens is 1. The fraction of sp³-hybridized carbons (Fsp3) is 0.231. The monoisotopic (exact) mass is 404 g/mol. The van der Waals surface area contributed by atoms with Gasteiger partial charge in [-0.25, -0.2) is 4.39 Å². The second-order valence-corrected chi connectivity index (χ2v) is 7.33. The van der Waals surface area contributed by atoms with Crippen LogP contribution in [-0.4, -0.2) is 5.97 Å². The van der Waals surface area contributed by atoms with E-state index in [1.807, 2.05) is 61.5 Å². The minimum Gasteiger partial charge on any atom is -0.489 e. The Labute approximate surface area is 177 Å². The molecule has 3 aromatic carbocycles. The molecule has 0 fully saturated rings. The Bertz CT molecular complexity index is 967. The van der Waals surface area contributed by atoms with Crippen LogP contribution < -0.4 is 4.74 Å². The molecule has 3 rings (SSSR count). The second-order valence-electron chi connectivity index (χ2n) is 7.33. The standard InChI is InChI=1S/C26H25FO3/c1-18-9-11-22(12-10-18)17-29-23-13-14-24(25(27)16-23)20(3)30-26(28)19(2)15-21-7-5-4-6-8-21/h2,4-14,16,19-20H,15,17H2,1,3H3. The topological polar surface area (TPSA) is 35.5 Å². The van der Waals surface area contributed by atoms with Gasteiger partial charge in [0.05, 0.1) is 5.92 Å². The lowest BCUT2D eigenvalue weighted by Gasteiger charge is -2.18. The molecule has 0 aliphatic rings. The molecule has 2 unspecified atom stereocenters. The quantitative estimate of drug-likeness (QED) is 0.439. The van der Waals surface area contributed by atoms with E-state index in [2.05, 4.69) is 0 Å². The molecule has 0 spiro atoms. The normalized spacial score (nSPS) is 12.8. The average molecular weight is 404 g/mol. The molecule has 154 valence electrons.